The zero-order valence-corrected chi connectivity index (χ0v) is 16.3. The number of carbonyl (C=O) groups excluding carboxylic acids is 1. The van der Waals surface area contributed by atoms with Crippen molar-refractivity contribution in [3.8, 4) is 0 Å². The Morgan fingerprint density at radius 1 is 1.10 bits per heavy atom. The Labute approximate surface area is 169 Å². The van der Waals surface area contributed by atoms with Crippen LogP contribution in [0.25, 0.3) is 6.08 Å². The topological polar surface area (TPSA) is 83.3 Å². The molecule has 3 heterocycles. The highest BCUT2D eigenvalue weighted by atomic mass is 16.3. The van der Waals surface area contributed by atoms with Gasteiger partial charge in [-0.05, 0) is 62.2 Å². The molecule has 0 unspecified atom stereocenters. The monoisotopic (exact) mass is 389 g/mol. The minimum Gasteiger partial charge on any atom is -0.465 e. The molecule has 4 rings (SSSR count). The fourth-order valence-electron chi connectivity index (χ4n) is 3.21. The summed E-state index contributed by atoms with van der Waals surface area (Å²) in [5.41, 5.74) is 2.48. The maximum Gasteiger partial charge on any atom is 0.248 e. The molecular weight excluding hydrogens is 366 g/mol. The van der Waals surface area contributed by atoms with Crippen LogP contribution in [0.3, 0.4) is 0 Å². The molecule has 0 saturated carbocycles. The summed E-state index contributed by atoms with van der Waals surface area (Å²) in [6.45, 7) is 4.05. The number of benzene rings is 1. The SMILES string of the molecule is Cc1cc(N2CCCC2)nc(Nc2ccc(NC(=O)/C=C/c3ccco3)cc2)n1. The number of carbonyl (C=O) groups is 1. The highest BCUT2D eigenvalue weighted by Gasteiger charge is 2.15. The average molecular weight is 389 g/mol. The Balaban J connectivity index is 1.38. The molecule has 1 saturated heterocycles. The summed E-state index contributed by atoms with van der Waals surface area (Å²) in [6, 6.07) is 13.0. The standard InChI is InChI=1S/C22H23N5O2/c1-16-15-20(27-12-2-3-13-27)26-22(23-16)25-18-8-6-17(7-9-18)24-21(28)11-10-19-5-4-14-29-19/h4-11,14-15H,2-3,12-13H2,1H3,(H,24,28)(H,23,25,26)/b11-10+. The van der Waals surface area contributed by atoms with Crippen molar-refractivity contribution in [1.82, 2.24) is 9.97 Å². The van der Waals surface area contributed by atoms with E-state index in [4.69, 9.17) is 4.42 Å². The highest BCUT2D eigenvalue weighted by Crippen LogP contribution is 2.22. The van der Waals surface area contributed by atoms with Crippen LogP contribution in [0.1, 0.15) is 24.3 Å². The number of furan rings is 1. The van der Waals surface area contributed by atoms with Crippen LogP contribution >= 0.6 is 0 Å². The maximum absolute atomic E-state index is 12.0. The molecule has 0 atom stereocenters. The van der Waals surface area contributed by atoms with Crippen LogP contribution in [0.15, 0.2) is 59.2 Å². The second-order valence-corrected chi connectivity index (χ2v) is 6.93. The lowest BCUT2D eigenvalue weighted by molar-refractivity contribution is -0.111. The second-order valence-electron chi connectivity index (χ2n) is 6.93. The van der Waals surface area contributed by atoms with E-state index in [9.17, 15) is 4.79 Å². The minimum absolute atomic E-state index is 0.223. The number of anilines is 4. The van der Waals surface area contributed by atoms with Gasteiger partial charge in [0.25, 0.3) is 0 Å². The van der Waals surface area contributed by atoms with Crippen molar-refractivity contribution in [3.05, 3.63) is 66.3 Å². The lowest BCUT2D eigenvalue weighted by atomic mass is 10.2. The van der Waals surface area contributed by atoms with Gasteiger partial charge >= 0.3 is 0 Å². The molecular formula is C22H23N5O2. The van der Waals surface area contributed by atoms with Gasteiger partial charge in [0.1, 0.15) is 11.6 Å². The van der Waals surface area contributed by atoms with Crippen LogP contribution in [0.2, 0.25) is 0 Å². The molecule has 1 aliphatic heterocycles. The molecule has 29 heavy (non-hydrogen) atoms. The first-order valence-corrected chi connectivity index (χ1v) is 9.66. The summed E-state index contributed by atoms with van der Waals surface area (Å²) in [5, 5.41) is 6.06. The zero-order valence-electron chi connectivity index (χ0n) is 16.3. The van der Waals surface area contributed by atoms with Gasteiger partial charge in [0.05, 0.1) is 6.26 Å². The van der Waals surface area contributed by atoms with Crippen LogP contribution < -0.4 is 15.5 Å². The molecule has 1 fully saturated rings. The van der Waals surface area contributed by atoms with Crippen molar-refractivity contribution in [3.63, 3.8) is 0 Å². The third kappa shape index (κ3) is 5.01. The first-order chi connectivity index (χ1) is 14.2. The number of rotatable bonds is 6. The van der Waals surface area contributed by atoms with Crippen LogP contribution in [0.4, 0.5) is 23.1 Å². The Kier molecular flexibility index (Phi) is 5.56. The zero-order chi connectivity index (χ0) is 20.1. The van der Waals surface area contributed by atoms with E-state index in [-0.39, 0.29) is 5.91 Å². The van der Waals surface area contributed by atoms with Gasteiger partial charge in [-0.1, -0.05) is 0 Å². The predicted octanol–water partition coefficient (Wildman–Crippen LogP) is 4.37. The van der Waals surface area contributed by atoms with Gasteiger partial charge in [-0.3, -0.25) is 4.79 Å². The van der Waals surface area contributed by atoms with Crippen LogP contribution in [0, 0.1) is 6.92 Å². The average Bonchev–Trinajstić information content (AvgIpc) is 3.42. The Hall–Kier alpha value is -3.61. The molecule has 0 bridgehead atoms. The molecule has 0 aliphatic carbocycles. The molecule has 2 aromatic heterocycles. The summed E-state index contributed by atoms with van der Waals surface area (Å²) in [5.74, 6) is 1.94. The number of hydrogen-bond acceptors (Lipinski definition) is 6. The largest absolute Gasteiger partial charge is 0.465 e. The van der Waals surface area contributed by atoms with E-state index in [1.807, 2.05) is 37.3 Å². The van der Waals surface area contributed by atoms with Crippen LogP contribution in [0.5, 0.6) is 0 Å². The molecule has 7 nitrogen and oxygen atoms in total. The number of nitrogens with zero attached hydrogens (tertiary/aromatic N) is 3. The lowest BCUT2D eigenvalue weighted by Gasteiger charge is -2.17. The third-order valence-electron chi connectivity index (χ3n) is 4.62. The van der Waals surface area contributed by atoms with Gasteiger partial charge in [-0.15, -0.1) is 0 Å². The smallest absolute Gasteiger partial charge is 0.248 e. The van der Waals surface area contributed by atoms with E-state index in [0.717, 1.165) is 30.3 Å². The van der Waals surface area contributed by atoms with E-state index in [0.29, 0.717) is 17.4 Å². The van der Waals surface area contributed by atoms with E-state index in [1.165, 1.54) is 18.9 Å². The summed E-state index contributed by atoms with van der Waals surface area (Å²) in [7, 11) is 0. The first kappa shape index (κ1) is 18.7. The molecule has 1 amide bonds. The summed E-state index contributed by atoms with van der Waals surface area (Å²) in [4.78, 5) is 23.4. The van der Waals surface area contributed by atoms with Crippen LogP contribution in [-0.4, -0.2) is 29.0 Å². The Morgan fingerprint density at radius 2 is 1.86 bits per heavy atom. The molecule has 148 valence electrons. The fraction of sp³-hybridized carbons (Fsp3) is 0.227. The molecule has 1 aliphatic rings. The maximum atomic E-state index is 12.0. The number of amides is 1. The van der Waals surface area contributed by atoms with Gasteiger partial charge in [0.15, 0.2) is 0 Å². The molecule has 1 aromatic carbocycles. The number of nitrogens with one attached hydrogen (secondary N) is 2. The quantitative estimate of drug-likeness (QED) is 0.609. The van der Waals surface area contributed by atoms with Crippen molar-refractivity contribution in [1.29, 1.82) is 0 Å². The van der Waals surface area contributed by atoms with Gasteiger partial charge in [0.2, 0.25) is 11.9 Å². The highest BCUT2D eigenvalue weighted by molar-refractivity contribution is 6.01. The Morgan fingerprint density at radius 3 is 2.59 bits per heavy atom. The first-order valence-electron chi connectivity index (χ1n) is 9.66. The van der Waals surface area contributed by atoms with Crippen molar-refractivity contribution < 1.29 is 9.21 Å². The van der Waals surface area contributed by atoms with Gasteiger partial charge in [0, 0.05) is 42.3 Å². The summed E-state index contributed by atoms with van der Waals surface area (Å²) >= 11 is 0. The van der Waals surface area contributed by atoms with Crippen molar-refractivity contribution in [2.45, 2.75) is 19.8 Å². The van der Waals surface area contributed by atoms with Crippen molar-refractivity contribution >= 4 is 35.1 Å². The second kappa shape index (κ2) is 8.60. The summed E-state index contributed by atoms with van der Waals surface area (Å²) < 4.78 is 5.17. The van der Waals surface area contributed by atoms with E-state index in [1.54, 1.807) is 24.5 Å². The van der Waals surface area contributed by atoms with E-state index in [2.05, 4.69) is 25.5 Å². The Bertz CT molecular complexity index is 991. The third-order valence-corrected chi connectivity index (χ3v) is 4.62. The van der Waals surface area contributed by atoms with Crippen LogP contribution in [-0.2, 0) is 4.79 Å². The summed E-state index contributed by atoms with van der Waals surface area (Å²) in [6.07, 6.45) is 7.03. The van der Waals surface area contributed by atoms with E-state index >= 15 is 0 Å². The normalized spacial score (nSPS) is 13.8. The molecule has 7 heteroatoms. The van der Waals surface area contributed by atoms with Crippen molar-refractivity contribution in [2.24, 2.45) is 0 Å². The van der Waals surface area contributed by atoms with E-state index < -0.39 is 0 Å². The number of hydrogen-bond donors (Lipinski definition) is 2. The van der Waals surface area contributed by atoms with Gasteiger partial charge in [-0.2, -0.15) is 4.98 Å². The lowest BCUT2D eigenvalue weighted by Crippen LogP contribution is -2.19. The minimum atomic E-state index is -0.223. The predicted molar refractivity (Wildman–Crippen MR) is 114 cm³/mol. The van der Waals surface area contributed by atoms with Gasteiger partial charge in [-0.25, -0.2) is 4.98 Å². The molecule has 0 spiro atoms. The number of aromatic nitrogens is 2. The molecule has 2 N–H and O–H groups in total. The molecule has 0 radical (unpaired) electrons. The molecule has 3 aromatic rings. The van der Waals surface area contributed by atoms with Crippen molar-refractivity contribution in [2.75, 3.05) is 28.6 Å². The fourth-order valence-corrected chi connectivity index (χ4v) is 3.21. The van der Waals surface area contributed by atoms with Gasteiger partial charge < -0.3 is 20.0 Å². The number of aryl methyl sites for hydroxylation is 1.